The van der Waals surface area contributed by atoms with Crippen LogP contribution in [0, 0.1) is 0 Å². The third-order valence-electron chi connectivity index (χ3n) is 4.46. The molecule has 0 aliphatic carbocycles. The number of aliphatic imine (C=N–C) groups is 1. The second-order valence-corrected chi connectivity index (χ2v) is 9.18. The zero-order chi connectivity index (χ0) is 20.0. The number of carbonyl (C=O) groups is 1. The lowest BCUT2D eigenvalue weighted by molar-refractivity contribution is -0.116. The Morgan fingerprint density at radius 2 is 2.17 bits per heavy atom. The van der Waals surface area contributed by atoms with Crippen LogP contribution in [0.5, 0.6) is 0 Å². The molecule has 1 fully saturated rings. The van der Waals surface area contributed by atoms with E-state index in [0.29, 0.717) is 6.54 Å². The molecule has 2 aromatic rings. The predicted octanol–water partition coefficient (Wildman–Crippen LogP) is 3.04. The van der Waals surface area contributed by atoms with E-state index >= 15 is 0 Å². The molecule has 3 rings (SSSR count). The van der Waals surface area contributed by atoms with Gasteiger partial charge in [-0.1, -0.05) is 12.1 Å². The molecule has 158 valence electrons. The van der Waals surface area contributed by atoms with Crippen LogP contribution in [0.4, 0.5) is 5.69 Å². The van der Waals surface area contributed by atoms with Gasteiger partial charge < -0.3 is 15.5 Å². The van der Waals surface area contributed by atoms with Gasteiger partial charge in [-0.25, -0.2) is 0 Å². The van der Waals surface area contributed by atoms with Gasteiger partial charge in [-0.3, -0.25) is 14.5 Å². The fraction of sp³-hybridized carbons (Fsp3) is 0.450. The Morgan fingerprint density at radius 1 is 1.34 bits per heavy atom. The average Bonchev–Trinajstić information content (AvgIpc) is 3.14. The molecule has 0 unspecified atom stereocenters. The molecule has 0 atom stereocenters. The Kier molecular flexibility index (Phi) is 8.81. The van der Waals surface area contributed by atoms with Gasteiger partial charge in [-0.2, -0.15) is 16.9 Å². The summed E-state index contributed by atoms with van der Waals surface area (Å²) in [6, 6.07) is 9.67. The van der Waals surface area contributed by atoms with Crippen LogP contribution in [0.1, 0.15) is 19.4 Å². The molecule has 9 heteroatoms. The van der Waals surface area contributed by atoms with Crippen molar-refractivity contribution in [1.82, 2.24) is 20.0 Å². The van der Waals surface area contributed by atoms with Gasteiger partial charge >= 0.3 is 0 Å². The van der Waals surface area contributed by atoms with E-state index in [1.165, 1.54) is 0 Å². The molecule has 1 aliphatic rings. The third kappa shape index (κ3) is 7.22. The van der Waals surface area contributed by atoms with Crippen LogP contribution in [0.25, 0.3) is 0 Å². The summed E-state index contributed by atoms with van der Waals surface area (Å²) >= 11 is 2.00. The minimum atomic E-state index is -0.0994. The Balaban J connectivity index is 0.00000300. The molecule has 29 heavy (non-hydrogen) atoms. The number of hydrogen-bond acceptors (Lipinski definition) is 4. The van der Waals surface area contributed by atoms with Gasteiger partial charge in [0.05, 0.1) is 0 Å². The highest BCUT2D eigenvalue weighted by atomic mass is 127. The summed E-state index contributed by atoms with van der Waals surface area (Å²) in [4.78, 5) is 18.9. The number of rotatable bonds is 5. The summed E-state index contributed by atoms with van der Waals surface area (Å²) in [6.07, 6.45) is 3.43. The standard InChI is InChI=1S/C20H28N6OS.HI/c1-20(2)15-25(10-11-28-20)19(21-3)22-13-16-6-4-7-17(12-16)24-18(27)14-26-9-5-8-23-26;/h4-9,12H,10-11,13-15H2,1-3H3,(H,21,22)(H,24,27);1H. The zero-order valence-corrected chi connectivity index (χ0v) is 20.2. The SMILES string of the molecule is CN=C(NCc1cccc(NC(=O)Cn2cccn2)c1)N1CCSC(C)(C)C1.I. The van der Waals surface area contributed by atoms with Crippen molar-refractivity contribution in [2.24, 2.45) is 4.99 Å². The highest BCUT2D eigenvalue weighted by Crippen LogP contribution is 2.29. The average molecular weight is 528 g/mol. The molecule has 1 saturated heterocycles. The molecule has 7 nitrogen and oxygen atoms in total. The first-order valence-electron chi connectivity index (χ1n) is 9.41. The summed E-state index contributed by atoms with van der Waals surface area (Å²) in [5.74, 6) is 1.92. The predicted molar refractivity (Wildman–Crippen MR) is 131 cm³/mol. The summed E-state index contributed by atoms with van der Waals surface area (Å²) in [7, 11) is 1.82. The van der Waals surface area contributed by atoms with Crippen LogP contribution in [-0.2, 0) is 17.9 Å². The molecule has 0 radical (unpaired) electrons. The van der Waals surface area contributed by atoms with E-state index in [2.05, 4.69) is 39.5 Å². The molecule has 0 bridgehead atoms. The number of amides is 1. The lowest BCUT2D eigenvalue weighted by Gasteiger charge is -2.39. The number of nitrogens with one attached hydrogen (secondary N) is 2. The minimum Gasteiger partial charge on any atom is -0.352 e. The summed E-state index contributed by atoms with van der Waals surface area (Å²) in [6.45, 7) is 7.36. The number of nitrogens with zero attached hydrogens (tertiary/aromatic N) is 4. The minimum absolute atomic E-state index is 0. The molecule has 1 aromatic heterocycles. The number of guanidine groups is 1. The first-order chi connectivity index (χ1) is 13.4. The van der Waals surface area contributed by atoms with Crippen molar-refractivity contribution in [2.75, 3.05) is 31.2 Å². The normalized spacial score (nSPS) is 16.1. The first-order valence-corrected chi connectivity index (χ1v) is 10.4. The van der Waals surface area contributed by atoms with Crippen molar-refractivity contribution in [3.05, 3.63) is 48.3 Å². The molecule has 2 heterocycles. The van der Waals surface area contributed by atoms with Gasteiger partial charge in [-0.15, -0.1) is 24.0 Å². The number of hydrogen-bond donors (Lipinski definition) is 2. The van der Waals surface area contributed by atoms with Crippen LogP contribution >= 0.6 is 35.7 Å². The topological polar surface area (TPSA) is 74.5 Å². The van der Waals surface area contributed by atoms with E-state index in [-0.39, 0.29) is 41.2 Å². The van der Waals surface area contributed by atoms with Crippen LogP contribution in [-0.4, -0.2) is 57.2 Å². The van der Waals surface area contributed by atoms with Gasteiger partial charge in [0.25, 0.3) is 0 Å². The molecule has 1 aliphatic heterocycles. The van der Waals surface area contributed by atoms with Crippen molar-refractivity contribution in [1.29, 1.82) is 0 Å². The maximum Gasteiger partial charge on any atom is 0.246 e. The maximum atomic E-state index is 12.2. The van der Waals surface area contributed by atoms with E-state index in [1.54, 1.807) is 23.1 Å². The second kappa shape index (κ2) is 10.9. The smallest absolute Gasteiger partial charge is 0.246 e. The molecule has 1 amide bonds. The van der Waals surface area contributed by atoms with Gasteiger partial charge in [0, 0.05) is 55.3 Å². The molecule has 0 spiro atoms. The highest BCUT2D eigenvalue weighted by molar-refractivity contribution is 14.0. The Bertz CT molecular complexity index is 824. The van der Waals surface area contributed by atoms with Gasteiger partial charge in [0.2, 0.25) is 5.91 Å². The first kappa shape index (κ1) is 23.5. The summed E-state index contributed by atoms with van der Waals surface area (Å²) < 4.78 is 1.83. The molecule has 2 N–H and O–H groups in total. The number of halogens is 1. The van der Waals surface area contributed by atoms with E-state index in [1.807, 2.05) is 43.1 Å². The van der Waals surface area contributed by atoms with Crippen LogP contribution in [0.15, 0.2) is 47.7 Å². The number of benzene rings is 1. The lowest BCUT2D eigenvalue weighted by Crippen LogP contribution is -2.50. The summed E-state index contributed by atoms with van der Waals surface area (Å²) in [5.41, 5.74) is 1.87. The third-order valence-corrected chi connectivity index (χ3v) is 5.76. The maximum absolute atomic E-state index is 12.2. The summed E-state index contributed by atoms with van der Waals surface area (Å²) in [5, 5.41) is 10.4. The van der Waals surface area contributed by atoms with E-state index in [4.69, 9.17) is 0 Å². The number of aromatic nitrogens is 2. The van der Waals surface area contributed by atoms with Crippen LogP contribution < -0.4 is 10.6 Å². The van der Waals surface area contributed by atoms with Crippen molar-refractivity contribution < 1.29 is 4.79 Å². The van der Waals surface area contributed by atoms with Crippen molar-refractivity contribution >= 4 is 53.3 Å². The monoisotopic (exact) mass is 528 g/mol. The zero-order valence-electron chi connectivity index (χ0n) is 17.1. The van der Waals surface area contributed by atoms with Gasteiger partial charge in [0.1, 0.15) is 6.54 Å². The Labute approximate surface area is 193 Å². The van der Waals surface area contributed by atoms with E-state index in [0.717, 1.165) is 36.1 Å². The van der Waals surface area contributed by atoms with Crippen molar-refractivity contribution in [2.45, 2.75) is 31.7 Å². The Morgan fingerprint density at radius 3 is 2.86 bits per heavy atom. The second-order valence-electron chi connectivity index (χ2n) is 7.38. The lowest BCUT2D eigenvalue weighted by atomic mass is 10.2. The highest BCUT2D eigenvalue weighted by Gasteiger charge is 2.28. The number of thioether (sulfide) groups is 1. The van der Waals surface area contributed by atoms with Crippen LogP contribution in [0.3, 0.4) is 0 Å². The van der Waals surface area contributed by atoms with Crippen LogP contribution in [0.2, 0.25) is 0 Å². The number of anilines is 1. The quantitative estimate of drug-likeness (QED) is 0.355. The van der Waals surface area contributed by atoms with Crippen molar-refractivity contribution in [3.63, 3.8) is 0 Å². The molecule has 1 aromatic carbocycles. The molecular weight excluding hydrogens is 499 g/mol. The fourth-order valence-electron chi connectivity index (χ4n) is 3.21. The largest absolute Gasteiger partial charge is 0.352 e. The van der Waals surface area contributed by atoms with Gasteiger partial charge in [0.15, 0.2) is 5.96 Å². The molecule has 0 saturated carbocycles. The van der Waals surface area contributed by atoms with E-state index in [9.17, 15) is 4.79 Å². The fourth-order valence-corrected chi connectivity index (χ4v) is 4.32. The van der Waals surface area contributed by atoms with E-state index < -0.39 is 0 Å². The molecular formula is C20H29IN6OS. The van der Waals surface area contributed by atoms with Gasteiger partial charge in [-0.05, 0) is 37.6 Å². The number of carbonyl (C=O) groups excluding carboxylic acids is 1. The van der Waals surface area contributed by atoms with Crippen molar-refractivity contribution in [3.8, 4) is 0 Å². The Hall–Kier alpha value is -1.75.